The van der Waals surface area contributed by atoms with Crippen molar-refractivity contribution in [2.75, 3.05) is 33.9 Å². The summed E-state index contributed by atoms with van der Waals surface area (Å²) < 4.78 is 11.0. The number of likely N-dealkylation sites (N-methyl/N-ethyl adjacent to an activating group) is 1. The molecule has 0 N–H and O–H groups in total. The molecule has 0 bridgehead atoms. The van der Waals surface area contributed by atoms with Gasteiger partial charge in [-0.05, 0) is 48.6 Å². The summed E-state index contributed by atoms with van der Waals surface area (Å²) >= 11 is 0. The lowest BCUT2D eigenvalue weighted by molar-refractivity contribution is -0.134. The fraction of sp³-hybridized carbons (Fsp3) is 0.462. The van der Waals surface area contributed by atoms with Crippen LogP contribution in [0.15, 0.2) is 36.4 Å². The molecule has 0 saturated carbocycles. The molecule has 0 aliphatic carbocycles. The van der Waals surface area contributed by atoms with Crippen LogP contribution in [0, 0.1) is 0 Å². The van der Waals surface area contributed by atoms with E-state index in [4.69, 9.17) is 9.47 Å². The number of methoxy groups -OCH3 is 2. The van der Waals surface area contributed by atoms with Crippen molar-refractivity contribution < 1.29 is 19.1 Å². The number of nitrogens with zero attached hydrogens (tertiary/aromatic N) is 2. The molecular weight excluding hydrogens is 404 g/mol. The van der Waals surface area contributed by atoms with Crippen LogP contribution >= 0.6 is 0 Å². The lowest BCUT2D eigenvalue weighted by Gasteiger charge is -2.46. The van der Waals surface area contributed by atoms with Gasteiger partial charge in [-0.3, -0.25) is 9.59 Å². The van der Waals surface area contributed by atoms with Crippen LogP contribution in [0.3, 0.4) is 0 Å². The average molecular weight is 437 g/mol. The normalized spacial score (nSPS) is 19.0. The number of rotatable bonds is 7. The number of hydrogen-bond acceptors (Lipinski definition) is 4. The first kappa shape index (κ1) is 22.2. The van der Waals surface area contributed by atoms with Crippen molar-refractivity contribution in [3.05, 3.63) is 58.7 Å². The monoisotopic (exact) mass is 436 g/mol. The minimum Gasteiger partial charge on any atom is -0.493 e. The van der Waals surface area contributed by atoms with Gasteiger partial charge in [0.05, 0.1) is 26.2 Å². The first-order chi connectivity index (χ1) is 15.5. The van der Waals surface area contributed by atoms with Crippen LogP contribution in [0.25, 0.3) is 0 Å². The Morgan fingerprint density at radius 1 is 1.09 bits per heavy atom. The van der Waals surface area contributed by atoms with Crippen molar-refractivity contribution in [3.8, 4) is 11.5 Å². The second-order valence-corrected chi connectivity index (χ2v) is 8.44. The van der Waals surface area contributed by atoms with Crippen molar-refractivity contribution in [1.29, 1.82) is 0 Å². The van der Waals surface area contributed by atoms with Gasteiger partial charge >= 0.3 is 0 Å². The quantitative estimate of drug-likeness (QED) is 0.653. The summed E-state index contributed by atoms with van der Waals surface area (Å²) in [5.41, 5.74) is 3.53. The van der Waals surface area contributed by atoms with Gasteiger partial charge in [-0.25, -0.2) is 0 Å². The van der Waals surface area contributed by atoms with Gasteiger partial charge in [-0.2, -0.15) is 0 Å². The summed E-state index contributed by atoms with van der Waals surface area (Å²) in [6.07, 6.45) is 2.76. The van der Waals surface area contributed by atoms with Crippen LogP contribution in [-0.2, 0) is 11.2 Å². The molecule has 32 heavy (non-hydrogen) atoms. The molecule has 2 aliphatic rings. The molecule has 170 valence electrons. The molecule has 0 spiro atoms. The van der Waals surface area contributed by atoms with Crippen molar-refractivity contribution in [2.45, 2.75) is 45.1 Å². The molecule has 0 unspecified atom stereocenters. The van der Waals surface area contributed by atoms with Crippen LogP contribution in [0.5, 0.6) is 11.5 Å². The first-order valence-corrected chi connectivity index (χ1v) is 11.5. The number of benzene rings is 2. The van der Waals surface area contributed by atoms with Gasteiger partial charge in [-0.1, -0.05) is 37.6 Å². The fourth-order valence-corrected chi connectivity index (χ4v) is 5.09. The molecule has 6 heteroatoms. The third-order valence-electron chi connectivity index (χ3n) is 6.77. The Kier molecular flexibility index (Phi) is 6.40. The number of unbranched alkanes of at least 4 members (excludes halogenated alkanes) is 1. The van der Waals surface area contributed by atoms with Crippen LogP contribution in [0.2, 0.25) is 0 Å². The van der Waals surface area contributed by atoms with E-state index < -0.39 is 5.92 Å². The van der Waals surface area contributed by atoms with E-state index in [2.05, 4.69) is 19.1 Å². The maximum atomic E-state index is 14.0. The number of ether oxygens (including phenoxy) is 2. The van der Waals surface area contributed by atoms with Crippen molar-refractivity contribution in [2.24, 2.45) is 0 Å². The Morgan fingerprint density at radius 3 is 2.50 bits per heavy atom. The average Bonchev–Trinajstić information content (AvgIpc) is 2.83. The number of fused-ring (bicyclic) bond motifs is 4. The highest BCUT2D eigenvalue weighted by atomic mass is 16.5. The number of hydrogen-bond donors (Lipinski definition) is 0. The van der Waals surface area contributed by atoms with Crippen molar-refractivity contribution in [3.63, 3.8) is 0 Å². The van der Waals surface area contributed by atoms with E-state index in [-0.39, 0.29) is 17.9 Å². The highest BCUT2D eigenvalue weighted by Gasteiger charge is 2.47. The van der Waals surface area contributed by atoms with E-state index in [0.29, 0.717) is 36.7 Å². The molecule has 2 atom stereocenters. The highest BCUT2D eigenvalue weighted by molar-refractivity contribution is 6.02. The molecule has 0 radical (unpaired) electrons. The maximum Gasteiger partial charge on any atom is 0.254 e. The lowest BCUT2D eigenvalue weighted by atomic mass is 9.75. The molecule has 2 heterocycles. The minimum absolute atomic E-state index is 0.0545. The van der Waals surface area contributed by atoms with Crippen LogP contribution in [0.1, 0.15) is 65.7 Å². The third kappa shape index (κ3) is 3.61. The topological polar surface area (TPSA) is 59.1 Å². The number of carbonyl (C=O) groups is 2. The zero-order chi connectivity index (χ0) is 22.8. The van der Waals surface area contributed by atoms with Crippen LogP contribution in [0.4, 0.5) is 0 Å². The summed E-state index contributed by atoms with van der Waals surface area (Å²) in [5, 5.41) is 0. The summed E-state index contributed by atoms with van der Waals surface area (Å²) in [7, 11) is 3.14. The van der Waals surface area contributed by atoms with Gasteiger partial charge in [0.15, 0.2) is 11.5 Å². The molecule has 0 saturated heterocycles. The second-order valence-electron chi connectivity index (χ2n) is 8.44. The standard InChI is InChI=1S/C26H32N2O4/c1-5-7-13-27(6-2)26(30)23-19-15-21(31-3)22(32-4)16-20(19)25(29)28-14-12-17-10-8-9-11-18(17)24(23)28/h8-11,15-16,23-24H,5-7,12-14H2,1-4H3/t23-,24-/m0/s1. The summed E-state index contributed by atoms with van der Waals surface area (Å²) in [4.78, 5) is 31.5. The first-order valence-electron chi connectivity index (χ1n) is 11.5. The Labute approximate surface area is 190 Å². The zero-order valence-corrected chi connectivity index (χ0v) is 19.4. The summed E-state index contributed by atoms with van der Waals surface area (Å²) in [6.45, 7) is 6.10. The Balaban J connectivity index is 1.91. The largest absolute Gasteiger partial charge is 0.493 e. The van der Waals surface area contributed by atoms with Gasteiger partial charge in [-0.15, -0.1) is 0 Å². The lowest BCUT2D eigenvalue weighted by Crippen LogP contribution is -2.51. The van der Waals surface area contributed by atoms with E-state index in [1.807, 2.05) is 34.9 Å². The van der Waals surface area contributed by atoms with E-state index in [9.17, 15) is 9.59 Å². The van der Waals surface area contributed by atoms with Gasteiger partial charge < -0.3 is 19.3 Å². The van der Waals surface area contributed by atoms with E-state index in [1.54, 1.807) is 20.3 Å². The minimum atomic E-state index is -0.485. The highest BCUT2D eigenvalue weighted by Crippen LogP contribution is 2.49. The van der Waals surface area contributed by atoms with Crippen LogP contribution in [-0.4, -0.2) is 55.5 Å². The molecule has 2 aromatic rings. The summed E-state index contributed by atoms with van der Waals surface area (Å²) in [5.74, 6) is 0.557. The maximum absolute atomic E-state index is 14.0. The Hall–Kier alpha value is -3.02. The molecule has 2 amide bonds. The fourth-order valence-electron chi connectivity index (χ4n) is 5.09. The van der Waals surface area contributed by atoms with Crippen molar-refractivity contribution >= 4 is 11.8 Å². The van der Waals surface area contributed by atoms with Gasteiger partial charge in [0, 0.05) is 25.2 Å². The second kappa shape index (κ2) is 9.23. The number of amides is 2. The molecular formula is C26H32N2O4. The molecule has 0 fully saturated rings. The molecule has 0 aromatic heterocycles. The Bertz CT molecular complexity index is 1020. The predicted octanol–water partition coefficient (Wildman–Crippen LogP) is 4.19. The third-order valence-corrected chi connectivity index (χ3v) is 6.77. The SMILES string of the molecule is CCCCN(CC)C(=O)[C@H]1c2cc(OC)c(OC)cc2C(=O)N2CCc3ccccc3[C@@H]12. The predicted molar refractivity (Wildman–Crippen MR) is 123 cm³/mol. The van der Waals surface area contributed by atoms with Gasteiger partial charge in [0.25, 0.3) is 5.91 Å². The van der Waals surface area contributed by atoms with Gasteiger partial charge in [0.1, 0.15) is 0 Å². The number of carbonyl (C=O) groups excluding carboxylic acids is 2. The molecule has 2 aliphatic heterocycles. The van der Waals surface area contributed by atoms with E-state index >= 15 is 0 Å². The smallest absolute Gasteiger partial charge is 0.254 e. The zero-order valence-electron chi connectivity index (χ0n) is 19.4. The van der Waals surface area contributed by atoms with Crippen LogP contribution < -0.4 is 9.47 Å². The van der Waals surface area contributed by atoms with E-state index in [1.165, 1.54) is 5.56 Å². The molecule has 2 aromatic carbocycles. The summed E-state index contributed by atoms with van der Waals surface area (Å²) in [6, 6.07) is 11.4. The van der Waals surface area contributed by atoms with Crippen molar-refractivity contribution in [1.82, 2.24) is 9.80 Å². The van der Waals surface area contributed by atoms with E-state index in [0.717, 1.165) is 30.4 Å². The Morgan fingerprint density at radius 2 is 1.81 bits per heavy atom. The molecule has 6 nitrogen and oxygen atoms in total. The molecule has 4 rings (SSSR count). The van der Waals surface area contributed by atoms with Gasteiger partial charge in [0.2, 0.25) is 5.91 Å².